The fraction of sp³-hybridized carbons (Fsp3) is 0.520. The molecule has 0 spiro atoms. The van der Waals surface area contributed by atoms with Crippen LogP contribution in [0.4, 0.5) is 0 Å². The van der Waals surface area contributed by atoms with Crippen molar-refractivity contribution < 1.29 is 43.0 Å². The first-order valence-corrected chi connectivity index (χ1v) is 13.2. The first-order valence-electron chi connectivity index (χ1n) is 11.6. The van der Waals surface area contributed by atoms with Gasteiger partial charge in [0.2, 0.25) is 0 Å². The Hall–Kier alpha value is -2.29. The molecule has 0 saturated heterocycles. The van der Waals surface area contributed by atoms with E-state index in [1.807, 2.05) is 42.5 Å². The van der Waals surface area contributed by atoms with Gasteiger partial charge in [-0.3, -0.25) is 14.1 Å². The molecule has 198 valence electrons. The summed E-state index contributed by atoms with van der Waals surface area (Å²) >= 11 is 0. The van der Waals surface area contributed by atoms with Gasteiger partial charge in [-0.15, -0.1) is 0 Å². The average molecular weight is 515 g/mol. The quantitative estimate of drug-likeness (QED) is 0.0749. The molecule has 0 aromatic carbocycles. The van der Waals surface area contributed by atoms with Gasteiger partial charge < -0.3 is 24.4 Å². The summed E-state index contributed by atoms with van der Waals surface area (Å²) in [7, 11) is -4.72. The topological polar surface area (TPSA) is 140 Å². The van der Waals surface area contributed by atoms with E-state index in [2.05, 4.69) is 23.6 Å². The highest BCUT2D eigenvalue weighted by Crippen LogP contribution is 2.35. The van der Waals surface area contributed by atoms with Crippen LogP contribution in [0.2, 0.25) is 0 Å². The van der Waals surface area contributed by atoms with Gasteiger partial charge in [0.05, 0.1) is 12.7 Å². The van der Waals surface area contributed by atoms with Crippen LogP contribution in [0.5, 0.6) is 0 Å². The molecule has 35 heavy (non-hydrogen) atoms. The van der Waals surface area contributed by atoms with Crippen LogP contribution in [0.15, 0.2) is 60.8 Å². The lowest BCUT2D eigenvalue weighted by atomic mass is 10.2. The summed E-state index contributed by atoms with van der Waals surface area (Å²) in [4.78, 5) is 40.3. The van der Waals surface area contributed by atoms with E-state index in [-0.39, 0.29) is 13.0 Å². The van der Waals surface area contributed by atoms with Gasteiger partial charge in [0.15, 0.2) is 6.10 Å². The maximum atomic E-state index is 11.8. The number of aliphatic hydroxyl groups is 1. The molecule has 0 heterocycles. The van der Waals surface area contributed by atoms with Crippen LogP contribution in [-0.4, -0.2) is 52.3 Å². The van der Waals surface area contributed by atoms with E-state index in [1.54, 1.807) is 6.08 Å². The standard InChI is InChI=1S/C25H39O9P/c1-3-4-5-6-11-14-17-23(27)18-15-12-9-7-8-10-13-16-19-25(28)32-20-24(34-22(2)26)21-33-35(29,30)31/h4-5,8-12,14-15,18,23-24,27H,3,6-7,13,16-17,19-21H2,1-2H3,(H2,29,30,31)/b5-4-,10-8-,12-9-,14-11-,18-15+/t23?,24-/m1/s1. The van der Waals surface area contributed by atoms with E-state index in [0.717, 1.165) is 26.2 Å². The zero-order valence-corrected chi connectivity index (χ0v) is 21.4. The second kappa shape index (κ2) is 21.0. The molecule has 9 nitrogen and oxygen atoms in total. The number of phosphoric acid groups is 1. The van der Waals surface area contributed by atoms with Gasteiger partial charge in [-0.25, -0.2) is 4.57 Å². The number of esters is 2. The number of aliphatic hydroxyl groups excluding tert-OH is 1. The van der Waals surface area contributed by atoms with E-state index in [0.29, 0.717) is 19.3 Å². The molecule has 10 heteroatoms. The minimum Gasteiger partial charge on any atom is -0.462 e. The smallest absolute Gasteiger partial charge is 0.462 e. The zero-order valence-electron chi connectivity index (χ0n) is 20.5. The third-order valence-electron chi connectivity index (χ3n) is 4.18. The fourth-order valence-corrected chi connectivity index (χ4v) is 2.91. The average Bonchev–Trinajstić information content (AvgIpc) is 2.78. The molecule has 0 fully saturated rings. The number of carbonyl (C=O) groups excluding carboxylic acids is 2. The highest BCUT2D eigenvalue weighted by molar-refractivity contribution is 7.46. The Labute approximate surface area is 208 Å². The summed E-state index contributed by atoms with van der Waals surface area (Å²) in [5, 5.41) is 9.86. The van der Waals surface area contributed by atoms with Crippen LogP contribution in [0.3, 0.4) is 0 Å². The van der Waals surface area contributed by atoms with Crippen molar-refractivity contribution in [3.8, 4) is 0 Å². The van der Waals surface area contributed by atoms with Gasteiger partial charge in [0, 0.05) is 13.3 Å². The summed E-state index contributed by atoms with van der Waals surface area (Å²) in [6.07, 6.45) is 22.5. The number of unbranched alkanes of at least 4 members (excludes halogenated alkanes) is 1. The second-order valence-corrected chi connectivity index (χ2v) is 8.74. The molecule has 0 saturated carbocycles. The van der Waals surface area contributed by atoms with Crippen molar-refractivity contribution in [1.29, 1.82) is 0 Å². The largest absolute Gasteiger partial charge is 0.469 e. The van der Waals surface area contributed by atoms with Crippen molar-refractivity contribution in [1.82, 2.24) is 0 Å². The summed E-state index contributed by atoms with van der Waals surface area (Å²) in [6.45, 7) is 2.27. The molecular formula is C25H39O9P. The molecule has 0 aromatic rings. The van der Waals surface area contributed by atoms with E-state index >= 15 is 0 Å². The third-order valence-corrected chi connectivity index (χ3v) is 4.67. The van der Waals surface area contributed by atoms with E-state index in [9.17, 15) is 19.3 Å². The maximum absolute atomic E-state index is 11.8. The normalized spacial score (nSPS) is 14.5. The summed E-state index contributed by atoms with van der Waals surface area (Å²) < 4.78 is 24.8. The van der Waals surface area contributed by atoms with E-state index in [1.165, 1.54) is 0 Å². The molecule has 0 aliphatic rings. The van der Waals surface area contributed by atoms with Crippen molar-refractivity contribution in [2.45, 2.75) is 71.0 Å². The van der Waals surface area contributed by atoms with Crippen molar-refractivity contribution in [2.24, 2.45) is 0 Å². The number of ether oxygens (including phenoxy) is 2. The minimum absolute atomic E-state index is 0.149. The van der Waals surface area contributed by atoms with Gasteiger partial charge >= 0.3 is 19.8 Å². The Morgan fingerprint density at radius 3 is 2.31 bits per heavy atom. The zero-order chi connectivity index (χ0) is 26.4. The van der Waals surface area contributed by atoms with Crippen LogP contribution in [-0.2, 0) is 28.2 Å². The van der Waals surface area contributed by atoms with Crippen LogP contribution in [0, 0.1) is 0 Å². The first kappa shape index (κ1) is 32.7. The van der Waals surface area contributed by atoms with Crippen LogP contribution in [0.1, 0.15) is 58.8 Å². The maximum Gasteiger partial charge on any atom is 0.469 e. The van der Waals surface area contributed by atoms with Crippen LogP contribution < -0.4 is 0 Å². The Kier molecular flexibility index (Phi) is 19.7. The van der Waals surface area contributed by atoms with Gasteiger partial charge in [-0.1, -0.05) is 67.7 Å². The van der Waals surface area contributed by atoms with Crippen LogP contribution in [0.25, 0.3) is 0 Å². The molecule has 0 rings (SSSR count). The predicted molar refractivity (Wildman–Crippen MR) is 134 cm³/mol. The van der Waals surface area contributed by atoms with Crippen molar-refractivity contribution >= 4 is 19.8 Å². The van der Waals surface area contributed by atoms with E-state index in [4.69, 9.17) is 19.3 Å². The molecule has 1 unspecified atom stereocenters. The molecule has 0 aromatic heterocycles. The molecule has 0 amide bonds. The number of rotatable bonds is 19. The molecule has 3 N–H and O–H groups in total. The predicted octanol–water partition coefficient (Wildman–Crippen LogP) is 4.46. The summed E-state index contributed by atoms with van der Waals surface area (Å²) in [5.74, 6) is -1.20. The monoisotopic (exact) mass is 514 g/mol. The summed E-state index contributed by atoms with van der Waals surface area (Å²) in [6, 6.07) is 0. The highest BCUT2D eigenvalue weighted by Gasteiger charge is 2.21. The number of hydrogen-bond acceptors (Lipinski definition) is 7. The van der Waals surface area contributed by atoms with Crippen molar-refractivity contribution in [3.05, 3.63) is 60.8 Å². The van der Waals surface area contributed by atoms with Gasteiger partial charge in [0.25, 0.3) is 0 Å². The van der Waals surface area contributed by atoms with Gasteiger partial charge in [-0.05, 0) is 38.5 Å². The fourth-order valence-electron chi connectivity index (χ4n) is 2.55. The SMILES string of the molecule is CC/C=C\C/C=C\CC(O)/C=C/C=C\C/C=C\CCCC(=O)OC[C@H](COP(=O)(O)O)OC(C)=O. The number of phosphoric ester groups is 1. The highest BCUT2D eigenvalue weighted by atomic mass is 31.2. The number of hydrogen-bond donors (Lipinski definition) is 3. The molecule has 2 atom stereocenters. The van der Waals surface area contributed by atoms with Gasteiger partial charge in [0.1, 0.15) is 6.61 Å². The lowest BCUT2D eigenvalue weighted by Gasteiger charge is -2.17. The lowest BCUT2D eigenvalue weighted by molar-refractivity contribution is -0.159. The Morgan fingerprint density at radius 1 is 0.943 bits per heavy atom. The lowest BCUT2D eigenvalue weighted by Crippen LogP contribution is -2.28. The number of carbonyl (C=O) groups is 2. The Morgan fingerprint density at radius 2 is 1.63 bits per heavy atom. The molecule has 0 aliphatic carbocycles. The Balaban J connectivity index is 3.99. The van der Waals surface area contributed by atoms with Crippen LogP contribution >= 0.6 is 7.82 Å². The summed E-state index contributed by atoms with van der Waals surface area (Å²) in [5.41, 5.74) is 0. The minimum atomic E-state index is -4.72. The number of allylic oxidation sites excluding steroid dienone is 8. The first-order chi connectivity index (χ1) is 16.6. The van der Waals surface area contributed by atoms with E-state index < -0.39 is 38.6 Å². The molecule has 0 bridgehead atoms. The molecule has 0 aliphatic heterocycles. The Bertz CT molecular complexity index is 778. The molecular weight excluding hydrogens is 475 g/mol. The third kappa shape index (κ3) is 24.6. The van der Waals surface area contributed by atoms with Crippen molar-refractivity contribution in [2.75, 3.05) is 13.2 Å². The molecule has 0 radical (unpaired) electrons. The van der Waals surface area contributed by atoms with Gasteiger partial charge in [-0.2, -0.15) is 0 Å². The second-order valence-electron chi connectivity index (χ2n) is 7.50. The van der Waals surface area contributed by atoms with Crippen molar-refractivity contribution in [3.63, 3.8) is 0 Å².